The summed E-state index contributed by atoms with van der Waals surface area (Å²) in [6.45, 7) is 3.45. The van der Waals surface area contributed by atoms with Gasteiger partial charge in [0.05, 0.1) is 25.4 Å². The number of nitrogens with one attached hydrogen (secondary N) is 1. The van der Waals surface area contributed by atoms with Crippen LogP contribution in [0.2, 0.25) is 0 Å². The molecule has 1 heterocycles. The van der Waals surface area contributed by atoms with Crippen molar-refractivity contribution < 1.29 is 51.8 Å². The van der Waals surface area contributed by atoms with Crippen LogP contribution in [0.1, 0.15) is 219 Å². The standard InChI is InChI=1S/C46H89NO11S/c1-3-5-7-9-11-13-15-17-19-20-21-22-24-26-28-30-32-34-36-42(50)47-39(38-56-46-44(52)45(58-59(53,54)55)43(51)41(37-48)57-46)40(49)35-33-31-29-27-25-23-18-16-14-12-10-8-6-4-2/h21-22,39-41,43-46,48-49,51-52H,3-20,23-38H2,1-2H3,(H,47,50)(H,53,54,55)/b22-21-. The average Bonchev–Trinajstić information content (AvgIpc) is 3.20. The lowest BCUT2D eigenvalue weighted by atomic mass is 9.99. The number of carbonyl (C=O) groups excluding carboxylic acids is 1. The quantitative estimate of drug-likeness (QED) is 0.0195. The highest BCUT2D eigenvalue weighted by Gasteiger charge is 2.48. The molecule has 1 aliphatic heterocycles. The Hall–Kier alpha value is -1.16. The first-order valence-corrected chi connectivity index (χ1v) is 25.4. The highest BCUT2D eigenvalue weighted by molar-refractivity contribution is 7.80. The zero-order valence-corrected chi connectivity index (χ0v) is 38.1. The minimum atomic E-state index is -5.07. The number of allylic oxidation sites excluding steroid dienone is 2. The smallest absolute Gasteiger partial charge is 0.394 e. The maximum absolute atomic E-state index is 13.0. The van der Waals surface area contributed by atoms with Gasteiger partial charge in [-0.3, -0.25) is 9.35 Å². The van der Waals surface area contributed by atoms with Crippen LogP contribution in [0.4, 0.5) is 0 Å². The molecule has 6 N–H and O–H groups in total. The molecule has 0 aromatic heterocycles. The Labute approximate surface area is 360 Å². The molecule has 1 aliphatic rings. The molecule has 0 spiro atoms. The molecule has 0 bridgehead atoms. The van der Waals surface area contributed by atoms with E-state index in [1.165, 1.54) is 122 Å². The summed E-state index contributed by atoms with van der Waals surface area (Å²) in [7, 11) is -5.07. The highest BCUT2D eigenvalue weighted by Crippen LogP contribution is 2.26. The topological polar surface area (TPSA) is 192 Å². The molecule has 0 aromatic rings. The van der Waals surface area contributed by atoms with Crippen molar-refractivity contribution in [2.45, 2.75) is 262 Å². The normalized spacial score (nSPS) is 21.0. The molecular weight excluding hydrogens is 775 g/mol. The molecule has 7 unspecified atom stereocenters. The molecule has 1 fully saturated rings. The monoisotopic (exact) mass is 864 g/mol. The zero-order chi connectivity index (χ0) is 43.4. The number of ether oxygens (including phenoxy) is 2. The van der Waals surface area contributed by atoms with Crippen molar-refractivity contribution in [2.75, 3.05) is 13.2 Å². The molecule has 13 heteroatoms. The number of unbranched alkanes of at least 4 members (excludes halogenated alkanes) is 27. The van der Waals surface area contributed by atoms with E-state index >= 15 is 0 Å². The molecule has 0 saturated carbocycles. The van der Waals surface area contributed by atoms with E-state index in [2.05, 4.69) is 35.5 Å². The second-order valence-corrected chi connectivity index (χ2v) is 18.1. The van der Waals surface area contributed by atoms with Crippen LogP contribution in [0.3, 0.4) is 0 Å². The van der Waals surface area contributed by atoms with Gasteiger partial charge < -0.3 is 35.2 Å². The Bertz CT molecular complexity index is 1110. The summed E-state index contributed by atoms with van der Waals surface area (Å²) in [6.07, 6.45) is 32.1. The number of amides is 1. The predicted molar refractivity (Wildman–Crippen MR) is 236 cm³/mol. The fourth-order valence-corrected chi connectivity index (χ4v) is 8.32. The number of aliphatic hydroxyl groups excluding tert-OH is 4. The first kappa shape index (κ1) is 55.9. The maximum atomic E-state index is 13.0. The van der Waals surface area contributed by atoms with Crippen molar-refractivity contribution in [3.8, 4) is 0 Å². The van der Waals surface area contributed by atoms with Crippen LogP contribution in [0, 0.1) is 0 Å². The zero-order valence-electron chi connectivity index (χ0n) is 37.3. The van der Waals surface area contributed by atoms with Crippen LogP contribution in [0.15, 0.2) is 12.2 Å². The number of aliphatic hydroxyl groups is 4. The van der Waals surface area contributed by atoms with Gasteiger partial charge >= 0.3 is 10.4 Å². The van der Waals surface area contributed by atoms with Crippen LogP contribution < -0.4 is 5.32 Å². The maximum Gasteiger partial charge on any atom is 0.397 e. The van der Waals surface area contributed by atoms with Gasteiger partial charge in [-0.25, -0.2) is 4.18 Å². The lowest BCUT2D eigenvalue weighted by molar-refractivity contribution is -0.298. The number of rotatable bonds is 41. The lowest BCUT2D eigenvalue weighted by Gasteiger charge is -2.41. The average molecular weight is 864 g/mol. The molecule has 1 saturated heterocycles. The van der Waals surface area contributed by atoms with Crippen molar-refractivity contribution in [1.82, 2.24) is 5.32 Å². The van der Waals surface area contributed by atoms with Gasteiger partial charge in [-0.2, -0.15) is 8.42 Å². The molecule has 0 radical (unpaired) electrons. The predicted octanol–water partition coefficient (Wildman–Crippen LogP) is 9.55. The van der Waals surface area contributed by atoms with E-state index in [1.807, 2.05) is 0 Å². The van der Waals surface area contributed by atoms with E-state index in [4.69, 9.17) is 9.47 Å². The van der Waals surface area contributed by atoms with Gasteiger partial charge in [-0.1, -0.05) is 187 Å². The van der Waals surface area contributed by atoms with Gasteiger partial charge in [0.2, 0.25) is 5.91 Å². The van der Waals surface area contributed by atoms with E-state index < -0.39 is 59.9 Å². The SMILES string of the molecule is CCCCCCCCCCC/C=C\CCCCCCCC(=O)NC(COC1OC(CO)C(O)C(OS(=O)(=O)O)C1O)C(O)CCCCCCCCCCCCCCCC. The summed E-state index contributed by atoms with van der Waals surface area (Å²) < 4.78 is 47.7. The minimum absolute atomic E-state index is 0.237. The molecule has 1 amide bonds. The van der Waals surface area contributed by atoms with Crippen LogP contribution in [-0.2, 0) is 28.9 Å². The summed E-state index contributed by atoms with van der Waals surface area (Å²) >= 11 is 0. The number of carbonyl (C=O) groups is 1. The van der Waals surface area contributed by atoms with Crippen molar-refractivity contribution in [2.24, 2.45) is 0 Å². The van der Waals surface area contributed by atoms with Crippen LogP contribution >= 0.6 is 0 Å². The molecule has 0 aromatic carbocycles. The Kier molecular flexibility index (Phi) is 35.4. The molecule has 0 aliphatic carbocycles. The van der Waals surface area contributed by atoms with E-state index in [-0.39, 0.29) is 18.9 Å². The van der Waals surface area contributed by atoms with Crippen LogP contribution in [0.5, 0.6) is 0 Å². The minimum Gasteiger partial charge on any atom is -0.394 e. The van der Waals surface area contributed by atoms with E-state index in [9.17, 15) is 38.2 Å². The summed E-state index contributed by atoms with van der Waals surface area (Å²) in [6, 6.07) is -0.858. The van der Waals surface area contributed by atoms with Crippen molar-refractivity contribution in [3.63, 3.8) is 0 Å². The highest BCUT2D eigenvalue weighted by atomic mass is 32.3. The molecule has 1 rings (SSSR count). The van der Waals surface area contributed by atoms with Crippen LogP contribution in [0.25, 0.3) is 0 Å². The Morgan fingerprint density at radius 1 is 0.661 bits per heavy atom. The largest absolute Gasteiger partial charge is 0.397 e. The fraction of sp³-hybridized carbons (Fsp3) is 0.935. The van der Waals surface area contributed by atoms with Gasteiger partial charge in [-0.05, 0) is 38.5 Å². The van der Waals surface area contributed by atoms with Gasteiger partial charge in [-0.15, -0.1) is 0 Å². The third-order valence-electron chi connectivity index (χ3n) is 11.6. The summed E-state index contributed by atoms with van der Waals surface area (Å²) in [4.78, 5) is 13.0. The van der Waals surface area contributed by atoms with Crippen LogP contribution in [-0.4, -0.2) is 95.4 Å². The third-order valence-corrected chi connectivity index (χ3v) is 12.0. The van der Waals surface area contributed by atoms with Gasteiger partial charge in [0.1, 0.15) is 24.4 Å². The van der Waals surface area contributed by atoms with Gasteiger partial charge in [0, 0.05) is 6.42 Å². The van der Waals surface area contributed by atoms with E-state index in [0.29, 0.717) is 12.8 Å². The van der Waals surface area contributed by atoms with Crippen molar-refractivity contribution in [1.29, 1.82) is 0 Å². The number of hydrogen-bond donors (Lipinski definition) is 6. The van der Waals surface area contributed by atoms with E-state index in [0.717, 1.165) is 64.2 Å². The third kappa shape index (κ3) is 30.5. The second kappa shape index (κ2) is 37.4. The lowest BCUT2D eigenvalue weighted by Crippen LogP contribution is -2.61. The Balaban J connectivity index is 2.47. The molecule has 7 atom stereocenters. The van der Waals surface area contributed by atoms with Gasteiger partial charge in [0.25, 0.3) is 0 Å². The molecule has 350 valence electrons. The second-order valence-electron chi connectivity index (χ2n) is 17.0. The number of hydrogen-bond acceptors (Lipinski definition) is 10. The summed E-state index contributed by atoms with van der Waals surface area (Å²) in [5.74, 6) is -0.237. The molecule has 12 nitrogen and oxygen atoms in total. The van der Waals surface area contributed by atoms with E-state index in [1.54, 1.807) is 0 Å². The molecular formula is C46H89NO11S. The van der Waals surface area contributed by atoms with Gasteiger partial charge in [0.15, 0.2) is 6.29 Å². The fourth-order valence-electron chi connectivity index (χ4n) is 7.81. The summed E-state index contributed by atoms with van der Waals surface area (Å²) in [5.41, 5.74) is 0. The Morgan fingerprint density at radius 2 is 1.08 bits per heavy atom. The summed E-state index contributed by atoms with van der Waals surface area (Å²) in [5, 5.41) is 44.9. The first-order chi connectivity index (χ1) is 28.5. The first-order valence-electron chi connectivity index (χ1n) is 24.1. The molecule has 59 heavy (non-hydrogen) atoms. The van der Waals surface area contributed by atoms with Crippen molar-refractivity contribution in [3.05, 3.63) is 12.2 Å². The van der Waals surface area contributed by atoms with Crippen molar-refractivity contribution >= 4 is 16.3 Å². The Morgan fingerprint density at radius 3 is 1.53 bits per heavy atom.